The van der Waals surface area contributed by atoms with E-state index in [2.05, 4.69) is 12.1 Å². The van der Waals surface area contributed by atoms with Gasteiger partial charge in [0.2, 0.25) is 5.91 Å². The lowest BCUT2D eigenvalue weighted by Gasteiger charge is -2.35. The van der Waals surface area contributed by atoms with Gasteiger partial charge in [-0.2, -0.15) is 0 Å². The third kappa shape index (κ3) is 5.12. The summed E-state index contributed by atoms with van der Waals surface area (Å²) in [6.45, 7) is 2.36. The van der Waals surface area contributed by atoms with Crippen LogP contribution in [0, 0.1) is 5.92 Å². The number of benzene rings is 1. The van der Waals surface area contributed by atoms with Gasteiger partial charge in [0.1, 0.15) is 0 Å². The van der Waals surface area contributed by atoms with Gasteiger partial charge in [-0.05, 0) is 60.0 Å². The molecule has 0 spiro atoms. The van der Waals surface area contributed by atoms with Gasteiger partial charge in [-0.15, -0.1) is 22.7 Å². The molecule has 1 aliphatic rings. The van der Waals surface area contributed by atoms with Crippen molar-refractivity contribution in [1.82, 2.24) is 9.80 Å². The fourth-order valence-corrected chi connectivity index (χ4v) is 5.35. The molecule has 2 aromatic heterocycles. The predicted molar refractivity (Wildman–Crippen MR) is 123 cm³/mol. The van der Waals surface area contributed by atoms with Crippen LogP contribution in [0.25, 0.3) is 0 Å². The second-order valence-electron chi connectivity index (χ2n) is 7.45. The summed E-state index contributed by atoms with van der Waals surface area (Å²) >= 11 is 9.28. The lowest BCUT2D eigenvalue weighted by molar-refractivity contribution is -0.138. The molecule has 0 radical (unpaired) electrons. The van der Waals surface area contributed by atoms with Crippen molar-refractivity contribution in [2.45, 2.75) is 25.9 Å². The quantitative estimate of drug-likeness (QED) is 0.486. The summed E-state index contributed by atoms with van der Waals surface area (Å²) in [6.07, 6.45) is 1.65. The molecule has 0 aliphatic carbocycles. The zero-order valence-corrected chi connectivity index (χ0v) is 18.9. The first-order chi connectivity index (χ1) is 14.6. The normalized spacial score (nSPS) is 16.4. The van der Waals surface area contributed by atoms with E-state index in [0.29, 0.717) is 36.8 Å². The van der Waals surface area contributed by atoms with Crippen LogP contribution < -0.4 is 0 Å². The van der Waals surface area contributed by atoms with Crippen LogP contribution in [0.4, 0.5) is 0 Å². The number of nitrogens with zero attached hydrogens (tertiary/aromatic N) is 2. The Balaban J connectivity index is 1.47. The SMILES string of the molecule is O=C(c1ccc(Cl)cc1)N1CCCC(C(=O)N(Cc2cccs2)Cc2cccs2)C1. The first-order valence-corrected chi connectivity index (χ1v) is 12.1. The lowest BCUT2D eigenvalue weighted by Crippen LogP contribution is -2.46. The van der Waals surface area contributed by atoms with Crippen molar-refractivity contribution in [3.63, 3.8) is 0 Å². The number of amides is 2. The zero-order valence-electron chi connectivity index (χ0n) is 16.5. The number of hydrogen-bond acceptors (Lipinski definition) is 4. The monoisotopic (exact) mass is 458 g/mol. The number of hydrogen-bond donors (Lipinski definition) is 0. The summed E-state index contributed by atoms with van der Waals surface area (Å²) in [4.78, 5) is 32.5. The summed E-state index contributed by atoms with van der Waals surface area (Å²) in [5, 5.41) is 4.68. The van der Waals surface area contributed by atoms with Crippen molar-refractivity contribution < 1.29 is 9.59 Å². The molecule has 1 aliphatic heterocycles. The maximum atomic E-state index is 13.5. The Morgan fingerprint density at radius 2 is 1.63 bits per heavy atom. The second kappa shape index (κ2) is 9.77. The van der Waals surface area contributed by atoms with Crippen molar-refractivity contribution in [3.05, 3.63) is 79.6 Å². The van der Waals surface area contributed by atoms with Crippen LogP contribution in [0.15, 0.2) is 59.3 Å². The standard InChI is InChI=1S/C23H23ClN2O2S2/c24-19-9-7-17(8-10-19)22(27)25-11-1-4-18(14-25)23(28)26(15-20-5-2-12-29-20)16-21-6-3-13-30-21/h2-3,5-10,12-13,18H,1,4,11,14-16H2. The van der Waals surface area contributed by atoms with Gasteiger partial charge in [-0.25, -0.2) is 0 Å². The number of piperidine rings is 1. The first-order valence-electron chi connectivity index (χ1n) is 9.98. The Labute approximate surface area is 189 Å². The van der Waals surface area contributed by atoms with Gasteiger partial charge in [0, 0.05) is 33.4 Å². The Hall–Kier alpha value is -2.15. The molecule has 2 amide bonds. The van der Waals surface area contributed by atoms with Crippen LogP contribution in [-0.2, 0) is 17.9 Å². The molecule has 3 heterocycles. The van der Waals surface area contributed by atoms with Crippen LogP contribution in [0.3, 0.4) is 0 Å². The van der Waals surface area contributed by atoms with Gasteiger partial charge in [0.25, 0.3) is 5.91 Å². The molecule has 30 heavy (non-hydrogen) atoms. The minimum Gasteiger partial charge on any atom is -0.338 e. The molecule has 3 aromatic rings. The molecule has 1 fully saturated rings. The average Bonchev–Trinajstić information content (AvgIpc) is 3.47. The number of rotatable bonds is 6. The van der Waals surface area contributed by atoms with Crippen molar-refractivity contribution in [2.24, 2.45) is 5.92 Å². The Morgan fingerprint density at radius 3 is 2.20 bits per heavy atom. The molecular formula is C23H23ClN2O2S2. The highest BCUT2D eigenvalue weighted by atomic mass is 35.5. The van der Waals surface area contributed by atoms with E-state index in [1.165, 1.54) is 9.75 Å². The maximum absolute atomic E-state index is 13.5. The van der Waals surface area contributed by atoms with E-state index in [9.17, 15) is 9.59 Å². The number of thiophene rings is 2. The average molecular weight is 459 g/mol. The van der Waals surface area contributed by atoms with E-state index in [1.807, 2.05) is 32.7 Å². The van der Waals surface area contributed by atoms with Gasteiger partial charge in [-0.1, -0.05) is 23.7 Å². The number of likely N-dealkylation sites (tertiary alicyclic amines) is 1. The van der Waals surface area contributed by atoms with E-state index in [0.717, 1.165) is 12.8 Å². The van der Waals surface area contributed by atoms with Crippen molar-refractivity contribution in [3.8, 4) is 0 Å². The van der Waals surface area contributed by atoms with Gasteiger partial charge in [-0.3, -0.25) is 9.59 Å². The molecule has 1 unspecified atom stereocenters. The molecule has 0 bridgehead atoms. The highest BCUT2D eigenvalue weighted by molar-refractivity contribution is 7.10. The summed E-state index contributed by atoms with van der Waals surface area (Å²) in [5.41, 5.74) is 0.613. The molecule has 4 nitrogen and oxygen atoms in total. The van der Waals surface area contributed by atoms with Gasteiger partial charge in [0.15, 0.2) is 0 Å². The molecule has 156 valence electrons. The molecule has 1 saturated heterocycles. The largest absolute Gasteiger partial charge is 0.338 e. The number of carbonyl (C=O) groups excluding carboxylic acids is 2. The molecule has 1 aromatic carbocycles. The van der Waals surface area contributed by atoms with Crippen LogP contribution in [0.1, 0.15) is 33.0 Å². The zero-order chi connectivity index (χ0) is 20.9. The van der Waals surface area contributed by atoms with Crippen molar-refractivity contribution in [1.29, 1.82) is 0 Å². The minimum atomic E-state index is -0.171. The van der Waals surface area contributed by atoms with Crippen LogP contribution in [-0.4, -0.2) is 34.7 Å². The van der Waals surface area contributed by atoms with Crippen LogP contribution in [0.2, 0.25) is 5.02 Å². The van der Waals surface area contributed by atoms with Crippen LogP contribution >= 0.6 is 34.3 Å². The van der Waals surface area contributed by atoms with Gasteiger partial charge >= 0.3 is 0 Å². The van der Waals surface area contributed by atoms with E-state index < -0.39 is 0 Å². The fraction of sp³-hybridized carbons (Fsp3) is 0.304. The summed E-state index contributed by atoms with van der Waals surface area (Å²) in [6, 6.07) is 15.1. The highest BCUT2D eigenvalue weighted by Crippen LogP contribution is 2.25. The Bertz CT molecular complexity index is 935. The van der Waals surface area contributed by atoms with E-state index in [4.69, 9.17) is 11.6 Å². The molecule has 7 heteroatoms. The smallest absolute Gasteiger partial charge is 0.253 e. The Morgan fingerprint density at radius 1 is 1.00 bits per heavy atom. The summed E-state index contributed by atoms with van der Waals surface area (Å²) in [7, 11) is 0. The third-order valence-electron chi connectivity index (χ3n) is 5.31. The van der Waals surface area contributed by atoms with Crippen molar-refractivity contribution in [2.75, 3.05) is 13.1 Å². The molecule has 1 atom stereocenters. The highest BCUT2D eigenvalue weighted by Gasteiger charge is 2.32. The topological polar surface area (TPSA) is 40.6 Å². The lowest BCUT2D eigenvalue weighted by atomic mass is 9.95. The molecule has 0 saturated carbocycles. The summed E-state index contributed by atoms with van der Waals surface area (Å²) < 4.78 is 0. The van der Waals surface area contributed by atoms with Gasteiger partial charge in [0.05, 0.1) is 19.0 Å². The fourth-order valence-electron chi connectivity index (χ4n) is 3.79. The van der Waals surface area contributed by atoms with Crippen LogP contribution in [0.5, 0.6) is 0 Å². The maximum Gasteiger partial charge on any atom is 0.253 e. The molecule has 4 rings (SSSR count). The molecular weight excluding hydrogens is 436 g/mol. The second-order valence-corrected chi connectivity index (χ2v) is 9.95. The predicted octanol–water partition coefficient (Wildman–Crippen LogP) is 5.54. The van der Waals surface area contributed by atoms with Gasteiger partial charge < -0.3 is 9.80 Å². The van der Waals surface area contributed by atoms with E-state index in [1.54, 1.807) is 46.9 Å². The number of carbonyl (C=O) groups is 2. The van der Waals surface area contributed by atoms with E-state index >= 15 is 0 Å². The third-order valence-corrected chi connectivity index (χ3v) is 7.29. The first kappa shape index (κ1) is 21.1. The van der Waals surface area contributed by atoms with Crippen molar-refractivity contribution >= 4 is 46.1 Å². The number of halogens is 1. The molecule has 0 N–H and O–H groups in total. The minimum absolute atomic E-state index is 0.0350. The Kier molecular flexibility index (Phi) is 6.87. The van der Waals surface area contributed by atoms with E-state index in [-0.39, 0.29) is 17.7 Å². The summed E-state index contributed by atoms with van der Waals surface area (Å²) in [5.74, 6) is -0.0763.